The van der Waals surface area contributed by atoms with Gasteiger partial charge in [0.25, 0.3) is 0 Å². The smallest absolute Gasteiger partial charge is 0.481 e. The molecule has 0 radical (unpaired) electrons. The van der Waals surface area contributed by atoms with E-state index in [1.165, 1.54) is 18.7 Å². The van der Waals surface area contributed by atoms with E-state index in [9.17, 15) is 9.59 Å². The average molecular weight is 376 g/mol. The van der Waals surface area contributed by atoms with Crippen molar-refractivity contribution in [3.63, 3.8) is 0 Å². The van der Waals surface area contributed by atoms with Crippen LogP contribution in [0.5, 0.6) is 0 Å². The van der Waals surface area contributed by atoms with Crippen LogP contribution in [0.3, 0.4) is 0 Å². The molecule has 1 saturated heterocycles. The van der Waals surface area contributed by atoms with E-state index in [-0.39, 0.29) is 11.5 Å². The van der Waals surface area contributed by atoms with Crippen LogP contribution in [0.1, 0.15) is 45.7 Å². The number of carboxylic acids is 1. The summed E-state index contributed by atoms with van der Waals surface area (Å²) in [5, 5.41) is 9.14. The van der Waals surface area contributed by atoms with Gasteiger partial charge in [-0.2, -0.15) is 0 Å². The van der Waals surface area contributed by atoms with Gasteiger partial charge >= 0.3 is 13.1 Å². The highest BCUT2D eigenvalue weighted by molar-refractivity contribution is 8.13. The first-order valence-corrected chi connectivity index (χ1v) is 9.49. The maximum absolute atomic E-state index is 11.5. The second-order valence-corrected chi connectivity index (χ2v) is 8.51. The molecule has 140 valence electrons. The van der Waals surface area contributed by atoms with Crippen molar-refractivity contribution in [1.29, 1.82) is 0 Å². The molecule has 1 heterocycles. The second-order valence-electron chi connectivity index (χ2n) is 7.36. The summed E-state index contributed by atoms with van der Waals surface area (Å²) in [6.45, 7) is 9.41. The van der Waals surface area contributed by atoms with Crippen molar-refractivity contribution >= 4 is 36.0 Å². The van der Waals surface area contributed by atoms with E-state index in [0.717, 1.165) is 11.0 Å². The Morgan fingerprint density at radius 3 is 2.27 bits per heavy atom. The Kier molecular flexibility index (Phi) is 6.37. The fraction of sp³-hybridized carbons (Fsp3) is 0.474. The van der Waals surface area contributed by atoms with Crippen LogP contribution >= 0.6 is 11.8 Å². The van der Waals surface area contributed by atoms with E-state index in [4.69, 9.17) is 14.4 Å². The Balaban J connectivity index is 2.38. The average Bonchev–Trinajstić information content (AvgIpc) is 2.72. The third-order valence-corrected chi connectivity index (χ3v) is 5.62. The zero-order valence-corrected chi connectivity index (χ0v) is 16.7. The van der Waals surface area contributed by atoms with Crippen LogP contribution in [0.25, 0.3) is 6.08 Å². The number of aliphatic carboxylic acids is 1. The first-order chi connectivity index (χ1) is 12.0. The van der Waals surface area contributed by atoms with Gasteiger partial charge in [0.1, 0.15) is 0 Å². The van der Waals surface area contributed by atoms with Gasteiger partial charge in [0, 0.05) is 12.7 Å². The Bertz CT molecular complexity index is 710. The zero-order valence-electron chi connectivity index (χ0n) is 15.9. The molecule has 0 aliphatic carbocycles. The minimum Gasteiger partial charge on any atom is -0.481 e. The lowest BCUT2D eigenvalue weighted by Gasteiger charge is -2.32. The van der Waals surface area contributed by atoms with Crippen LogP contribution in [-0.2, 0) is 25.3 Å². The van der Waals surface area contributed by atoms with Gasteiger partial charge in [-0.3, -0.25) is 9.59 Å². The minimum absolute atomic E-state index is 0.00578. The molecule has 0 amide bonds. The summed E-state index contributed by atoms with van der Waals surface area (Å²) in [4.78, 5) is 22.6. The third kappa shape index (κ3) is 4.99. The predicted molar refractivity (Wildman–Crippen MR) is 105 cm³/mol. The maximum atomic E-state index is 11.5. The number of carbonyl (C=O) groups excluding carboxylic acids is 1. The zero-order chi connectivity index (χ0) is 19.5. The molecule has 1 aromatic rings. The molecule has 0 unspecified atom stereocenters. The molecule has 1 N–H and O–H groups in total. The molecular formula is C19H25BO5S. The van der Waals surface area contributed by atoms with E-state index < -0.39 is 24.3 Å². The molecule has 1 aliphatic heterocycles. The Morgan fingerprint density at radius 2 is 1.73 bits per heavy atom. The van der Waals surface area contributed by atoms with Gasteiger partial charge in [0.15, 0.2) is 5.12 Å². The summed E-state index contributed by atoms with van der Waals surface area (Å²) >= 11 is 1.18. The SMILES string of the molecule is CC(=O)SCC(=Cc1ccccc1CC(=O)O)B1OC(C)(C)C(C)(C)O1. The van der Waals surface area contributed by atoms with Crippen LogP contribution in [0.2, 0.25) is 0 Å². The summed E-state index contributed by atoms with van der Waals surface area (Å²) in [6.07, 6.45) is 1.82. The molecule has 0 aromatic heterocycles. The van der Waals surface area contributed by atoms with E-state index >= 15 is 0 Å². The summed E-state index contributed by atoms with van der Waals surface area (Å²) in [5.74, 6) is -0.464. The normalized spacial score (nSPS) is 18.8. The first-order valence-electron chi connectivity index (χ1n) is 8.51. The molecule has 0 atom stereocenters. The molecule has 0 saturated carbocycles. The molecule has 26 heavy (non-hydrogen) atoms. The quantitative estimate of drug-likeness (QED) is 0.765. The molecule has 1 fully saturated rings. The molecular weight excluding hydrogens is 351 g/mol. The highest BCUT2D eigenvalue weighted by atomic mass is 32.2. The van der Waals surface area contributed by atoms with E-state index in [2.05, 4.69) is 0 Å². The van der Waals surface area contributed by atoms with E-state index in [0.29, 0.717) is 11.3 Å². The topological polar surface area (TPSA) is 72.8 Å². The van der Waals surface area contributed by atoms with Crippen LogP contribution in [0.4, 0.5) is 0 Å². The molecule has 0 spiro atoms. The van der Waals surface area contributed by atoms with Gasteiger partial charge < -0.3 is 14.4 Å². The standard InChI is InChI=1S/C19H25BO5S/c1-13(21)26-12-16(20-24-18(2,3)19(4,5)25-20)10-14-8-6-7-9-15(14)11-17(22)23/h6-10H,11-12H2,1-5H3,(H,22,23). The van der Waals surface area contributed by atoms with Gasteiger partial charge in [-0.25, -0.2) is 0 Å². The van der Waals surface area contributed by atoms with Gasteiger partial charge in [-0.15, -0.1) is 0 Å². The molecule has 2 rings (SSSR count). The summed E-state index contributed by atoms with van der Waals surface area (Å²) < 4.78 is 12.2. The van der Waals surface area contributed by atoms with Crippen molar-refractivity contribution in [2.24, 2.45) is 0 Å². The molecule has 5 nitrogen and oxygen atoms in total. The largest absolute Gasteiger partial charge is 0.491 e. The first kappa shape index (κ1) is 20.7. The van der Waals surface area contributed by atoms with Gasteiger partial charge in [-0.1, -0.05) is 42.1 Å². The van der Waals surface area contributed by atoms with Crippen molar-refractivity contribution in [2.75, 3.05) is 5.75 Å². The van der Waals surface area contributed by atoms with E-state index in [1.54, 1.807) is 6.07 Å². The van der Waals surface area contributed by atoms with Crippen molar-refractivity contribution in [3.05, 3.63) is 40.9 Å². The van der Waals surface area contributed by atoms with Gasteiger partial charge in [-0.05, 0) is 44.3 Å². The highest BCUT2D eigenvalue weighted by Gasteiger charge is 2.52. The summed E-state index contributed by atoms with van der Waals surface area (Å²) in [5.41, 5.74) is 1.34. The molecule has 0 bridgehead atoms. The molecule has 1 aromatic carbocycles. The lowest BCUT2D eigenvalue weighted by atomic mass is 9.78. The van der Waals surface area contributed by atoms with Gasteiger partial charge in [0.2, 0.25) is 0 Å². The predicted octanol–water partition coefficient (Wildman–Crippen LogP) is 3.61. The van der Waals surface area contributed by atoms with E-state index in [1.807, 2.05) is 52.0 Å². The lowest BCUT2D eigenvalue weighted by Crippen LogP contribution is -2.41. The van der Waals surface area contributed by atoms with Crippen molar-refractivity contribution in [1.82, 2.24) is 0 Å². The highest BCUT2D eigenvalue weighted by Crippen LogP contribution is 2.39. The van der Waals surface area contributed by atoms with Crippen LogP contribution in [0.15, 0.2) is 29.7 Å². The number of rotatable bonds is 6. The van der Waals surface area contributed by atoms with Crippen molar-refractivity contribution < 1.29 is 24.0 Å². The summed E-state index contributed by atoms with van der Waals surface area (Å²) in [7, 11) is -0.579. The monoisotopic (exact) mass is 376 g/mol. The third-order valence-electron chi connectivity index (χ3n) is 4.74. The number of carbonyl (C=O) groups is 2. The number of hydrogen-bond acceptors (Lipinski definition) is 5. The van der Waals surface area contributed by atoms with Crippen LogP contribution < -0.4 is 0 Å². The lowest BCUT2D eigenvalue weighted by molar-refractivity contribution is -0.136. The number of benzene rings is 1. The Hall–Kier alpha value is -1.57. The van der Waals surface area contributed by atoms with Crippen molar-refractivity contribution in [2.45, 2.75) is 52.2 Å². The van der Waals surface area contributed by atoms with Crippen molar-refractivity contribution in [3.8, 4) is 0 Å². The number of thioether (sulfide) groups is 1. The van der Waals surface area contributed by atoms with Crippen LogP contribution in [0, 0.1) is 0 Å². The van der Waals surface area contributed by atoms with Gasteiger partial charge in [0.05, 0.1) is 17.6 Å². The fourth-order valence-corrected chi connectivity index (χ4v) is 3.15. The minimum atomic E-state index is -0.888. The van der Waals surface area contributed by atoms with Crippen LogP contribution in [-0.4, -0.2) is 40.3 Å². The fourth-order valence-electron chi connectivity index (χ4n) is 2.56. The Labute approximate surface area is 159 Å². The maximum Gasteiger partial charge on any atom is 0.491 e. The molecule has 1 aliphatic rings. The number of hydrogen-bond donors (Lipinski definition) is 1. The Morgan fingerprint density at radius 1 is 1.15 bits per heavy atom. The number of carboxylic acid groups (broad SMARTS) is 1. The second kappa shape index (κ2) is 7.98. The molecule has 7 heteroatoms. The summed E-state index contributed by atoms with van der Waals surface area (Å²) in [6, 6.07) is 7.33.